The number of thiocarbonyl (C=S) groups is 1. The SMILES string of the molecule is CCOC(=O)c1c(NC(=S)N2CCN(c3ncc4c(=O)c(C(=O)O)cn(CC)c4n3)CC2)sc2c1CC[C@@H](C)C2. The van der Waals surface area contributed by atoms with Gasteiger partial charge in [0.05, 0.1) is 17.6 Å². The summed E-state index contributed by atoms with van der Waals surface area (Å²) in [7, 11) is 0. The number of fused-ring (bicyclic) bond motifs is 2. The monoisotopic (exact) mass is 584 g/mol. The summed E-state index contributed by atoms with van der Waals surface area (Å²) in [6.07, 6.45) is 5.61. The molecule has 4 heterocycles. The summed E-state index contributed by atoms with van der Waals surface area (Å²) in [6, 6.07) is 0. The average Bonchev–Trinajstić information content (AvgIpc) is 3.29. The van der Waals surface area contributed by atoms with Crippen LogP contribution in [0.3, 0.4) is 0 Å². The van der Waals surface area contributed by atoms with Gasteiger partial charge in [-0.1, -0.05) is 6.92 Å². The van der Waals surface area contributed by atoms with Gasteiger partial charge in [-0.05, 0) is 56.8 Å². The minimum atomic E-state index is -1.27. The van der Waals surface area contributed by atoms with E-state index in [1.54, 1.807) is 15.9 Å². The van der Waals surface area contributed by atoms with Gasteiger partial charge < -0.3 is 29.5 Å². The molecule has 3 aromatic rings. The van der Waals surface area contributed by atoms with Gasteiger partial charge >= 0.3 is 11.9 Å². The Balaban J connectivity index is 1.31. The topological polar surface area (TPSA) is 130 Å². The van der Waals surface area contributed by atoms with Crippen LogP contribution < -0.4 is 15.6 Å². The molecule has 0 bridgehead atoms. The first-order valence-electron chi connectivity index (χ1n) is 13.5. The van der Waals surface area contributed by atoms with Crippen LogP contribution in [-0.2, 0) is 24.1 Å². The number of esters is 1. The summed E-state index contributed by atoms with van der Waals surface area (Å²) in [5.74, 6) is -0.525. The summed E-state index contributed by atoms with van der Waals surface area (Å²) < 4.78 is 7.04. The highest BCUT2D eigenvalue weighted by atomic mass is 32.1. The molecular formula is C27H32N6O5S2. The Morgan fingerprint density at radius 3 is 2.67 bits per heavy atom. The van der Waals surface area contributed by atoms with E-state index in [9.17, 15) is 19.5 Å². The second-order valence-electron chi connectivity index (χ2n) is 10.1. The van der Waals surface area contributed by atoms with Gasteiger partial charge in [-0.15, -0.1) is 11.3 Å². The maximum atomic E-state index is 12.9. The molecule has 5 rings (SSSR count). The molecule has 1 atom stereocenters. The fraction of sp³-hybridized carbons (Fsp3) is 0.481. The van der Waals surface area contributed by atoms with Crippen molar-refractivity contribution in [1.29, 1.82) is 0 Å². The molecule has 0 spiro atoms. The van der Waals surface area contributed by atoms with Crippen LogP contribution in [-0.4, -0.2) is 74.4 Å². The lowest BCUT2D eigenvalue weighted by Crippen LogP contribution is -2.50. The molecule has 11 nitrogen and oxygen atoms in total. The third-order valence-electron chi connectivity index (χ3n) is 7.43. The van der Waals surface area contributed by atoms with E-state index < -0.39 is 11.4 Å². The summed E-state index contributed by atoms with van der Waals surface area (Å²) in [6.45, 7) is 9.10. The van der Waals surface area contributed by atoms with E-state index in [2.05, 4.69) is 27.1 Å². The van der Waals surface area contributed by atoms with Crippen molar-refractivity contribution in [1.82, 2.24) is 19.4 Å². The van der Waals surface area contributed by atoms with Crippen LogP contribution in [0.5, 0.6) is 0 Å². The first-order valence-corrected chi connectivity index (χ1v) is 14.7. The van der Waals surface area contributed by atoms with Gasteiger partial charge in [0, 0.05) is 50.0 Å². The molecule has 1 fully saturated rings. The molecule has 0 amide bonds. The Kier molecular flexibility index (Phi) is 8.04. The van der Waals surface area contributed by atoms with Crippen molar-refractivity contribution >= 4 is 62.6 Å². The number of ether oxygens (including phenoxy) is 1. The van der Waals surface area contributed by atoms with Crippen molar-refractivity contribution in [2.24, 2.45) is 5.92 Å². The molecule has 1 aliphatic heterocycles. The van der Waals surface area contributed by atoms with Crippen LogP contribution in [0.4, 0.5) is 10.9 Å². The third kappa shape index (κ3) is 5.27. The molecule has 3 aromatic heterocycles. The molecule has 0 unspecified atom stereocenters. The van der Waals surface area contributed by atoms with Crippen molar-refractivity contribution in [2.75, 3.05) is 43.0 Å². The quantitative estimate of drug-likeness (QED) is 0.327. The number of carboxylic acids is 1. The fourth-order valence-corrected chi connectivity index (χ4v) is 7.00. The first-order chi connectivity index (χ1) is 19.2. The van der Waals surface area contributed by atoms with Crippen LogP contribution in [0.15, 0.2) is 17.2 Å². The van der Waals surface area contributed by atoms with Gasteiger partial charge in [0.1, 0.15) is 16.2 Å². The predicted molar refractivity (Wildman–Crippen MR) is 158 cm³/mol. The Morgan fingerprint density at radius 2 is 2.00 bits per heavy atom. The van der Waals surface area contributed by atoms with Gasteiger partial charge in [-0.25, -0.2) is 14.6 Å². The van der Waals surface area contributed by atoms with Gasteiger partial charge in [0.25, 0.3) is 0 Å². The first kappa shape index (κ1) is 28.0. The van der Waals surface area contributed by atoms with Crippen molar-refractivity contribution in [3.63, 3.8) is 0 Å². The molecule has 0 saturated carbocycles. The summed E-state index contributed by atoms with van der Waals surface area (Å²) in [5, 5.41) is 14.2. The maximum Gasteiger partial charge on any atom is 0.341 e. The number of hydrogen-bond donors (Lipinski definition) is 2. The normalized spacial score (nSPS) is 17.0. The zero-order valence-electron chi connectivity index (χ0n) is 22.7. The molecule has 212 valence electrons. The highest BCUT2D eigenvalue weighted by Crippen LogP contribution is 2.40. The van der Waals surface area contributed by atoms with Crippen molar-refractivity contribution in [3.05, 3.63) is 44.2 Å². The maximum absolute atomic E-state index is 12.9. The van der Waals surface area contributed by atoms with Crippen molar-refractivity contribution in [3.8, 4) is 0 Å². The number of aromatic nitrogens is 3. The van der Waals surface area contributed by atoms with Crippen LogP contribution in [0.1, 0.15) is 58.3 Å². The molecule has 1 aliphatic carbocycles. The molecule has 13 heteroatoms. The van der Waals surface area contributed by atoms with E-state index in [4.69, 9.17) is 17.0 Å². The number of piperazine rings is 1. The van der Waals surface area contributed by atoms with Crippen LogP contribution >= 0.6 is 23.6 Å². The number of nitrogens with zero attached hydrogens (tertiary/aromatic N) is 5. The molecule has 0 radical (unpaired) electrons. The number of aryl methyl sites for hydroxylation is 1. The van der Waals surface area contributed by atoms with E-state index in [0.717, 1.165) is 29.8 Å². The number of anilines is 2. The van der Waals surface area contributed by atoms with Crippen LogP contribution in [0, 0.1) is 5.92 Å². The fourth-order valence-electron chi connectivity index (χ4n) is 5.25. The second-order valence-corrected chi connectivity index (χ2v) is 11.5. The van der Waals surface area contributed by atoms with Gasteiger partial charge in [-0.3, -0.25) is 4.79 Å². The summed E-state index contributed by atoms with van der Waals surface area (Å²) in [5.41, 5.74) is 1.22. The molecular weight excluding hydrogens is 552 g/mol. The Morgan fingerprint density at radius 1 is 1.25 bits per heavy atom. The zero-order chi connectivity index (χ0) is 28.6. The number of carbonyl (C=O) groups excluding carboxylic acids is 1. The van der Waals surface area contributed by atoms with Crippen LogP contribution in [0.25, 0.3) is 11.0 Å². The number of aromatic carboxylic acids is 1. The average molecular weight is 585 g/mol. The highest BCUT2D eigenvalue weighted by Gasteiger charge is 2.30. The van der Waals surface area contributed by atoms with E-state index in [1.807, 2.05) is 18.7 Å². The molecule has 2 N–H and O–H groups in total. The summed E-state index contributed by atoms with van der Waals surface area (Å²) in [4.78, 5) is 51.3. The minimum absolute atomic E-state index is 0.181. The lowest BCUT2D eigenvalue weighted by atomic mass is 9.88. The van der Waals surface area contributed by atoms with E-state index >= 15 is 0 Å². The molecule has 40 heavy (non-hydrogen) atoms. The number of pyridine rings is 1. The second kappa shape index (κ2) is 11.5. The lowest BCUT2D eigenvalue weighted by molar-refractivity contribution is 0.0526. The number of carboxylic acid groups (broad SMARTS) is 1. The standard InChI is InChI=1S/C27H32N6O5S2/c1-4-31-14-18(24(35)36)21(34)17-13-28-26(29-22(17)31)32-8-10-33(11-9-32)27(39)30-23-20(25(37)38-5-2)16-7-6-15(3)12-19(16)40-23/h13-15H,4-12H2,1-3H3,(H,30,39)(H,35,36)/t15-/m1/s1. The number of nitrogens with one attached hydrogen (secondary N) is 1. The van der Waals surface area contributed by atoms with E-state index in [1.165, 1.54) is 17.3 Å². The minimum Gasteiger partial charge on any atom is -0.477 e. The molecule has 0 aromatic carbocycles. The largest absolute Gasteiger partial charge is 0.477 e. The van der Waals surface area contributed by atoms with Gasteiger partial charge in [-0.2, -0.15) is 4.98 Å². The van der Waals surface area contributed by atoms with E-state index in [0.29, 0.717) is 67.5 Å². The van der Waals surface area contributed by atoms with Crippen LogP contribution in [0.2, 0.25) is 0 Å². The van der Waals surface area contributed by atoms with Gasteiger partial charge in [0.15, 0.2) is 5.11 Å². The Hall–Kier alpha value is -3.58. The van der Waals surface area contributed by atoms with E-state index in [-0.39, 0.29) is 16.9 Å². The Bertz CT molecular complexity index is 1540. The molecule has 1 saturated heterocycles. The smallest absolute Gasteiger partial charge is 0.341 e. The number of hydrogen-bond acceptors (Lipinski definition) is 9. The third-order valence-corrected chi connectivity index (χ3v) is 8.96. The van der Waals surface area contributed by atoms with Crippen molar-refractivity contribution in [2.45, 2.75) is 46.6 Å². The highest BCUT2D eigenvalue weighted by molar-refractivity contribution is 7.80. The van der Waals surface area contributed by atoms with Crippen molar-refractivity contribution < 1.29 is 19.4 Å². The Labute approximate surface area is 240 Å². The predicted octanol–water partition coefficient (Wildman–Crippen LogP) is 3.39. The van der Waals surface area contributed by atoms with Gasteiger partial charge in [0.2, 0.25) is 11.4 Å². The summed E-state index contributed by atoms with van der Waals surface area (Å²) >= 11 is 7.36. The lowest BCUT2D eigenvalue weighted by Gasteiger charge is -2.36. The number of thiophene rings is 1. The molecule has 2 aliphatic rings. The number of rotatable bonds is 6. The zero-order valence-corrected chi connectivity index (χ0v) is 24.4. The number of carbonyl (C=O) groups is 2.